The molecule has 6 nitrogen and oxygen atoms in total. The summed E-state index contributed by atoms with van der Waals surface area (Å²) in [5, 5.41) is 4.06. The summed E-state index contributed by atoms with van der Waals surface area (Å²) in [6.45, 7) is 1.27. The molecule has 0 radical (unpaired) electrons. The van der Waals surface area contributed by atoms with E-state index in [0.29, 0.717) is 18.7 Å². The number of carbonyl (C=O) groups is 1. The number of halogens is 1. The lowest BCUT2D eigenvalue weighted by molar-refractivity contribution is 0.0827. The van der Waals surface area contributed by atoms with Crippen molar-refractivity contribution in [1.29, 1.82) is 0 Å². The number of aryl methyl sites for hydroxylation is 1. The Labute approximate surface area is 160 Å². The van der Waals surface area contributed by atoms with Gasteiger partial charge in [0.25, 0.3) is 5.91 Å². The van der Waals surface area contributed by atoms with Crippen LogP contribution in [0.2, 0.25) is 5.02 Å². The lowest BCUT2D eigenvalue weighted by Gasteiger charge is -2.22. The summed E-state index contributed by atoms with van der Waals surface area (Å²) >= 11 is 6.05. The third-order valence-electron chi connectivity index (χ3n) is 4.08. The van der Waals surface area contributed by atoms with Gasteiger partial charge in [-0.05, 0) is 23.8 Å². The van der Waals surface area contributed by atoms with E-state index in [1.165, 1.54) is 0 Å². The second-order valence-corrected chi connectivity index (χ2v) is 6.85. The van der Waals surface area contributed by atoms with Crippen molar-refractivity contribution in [2.24, 2.45) is 12.0 Å². The van der Waals surface area contributed by atoms with Crippen molar-refractivity contribution < 1.29 is 4.79 Å². The number of carbonyl (C=O) groups excluding carboxylic acids is 1. The monoisotopic (exact) mass is 375 g/mol. The SMILES string of the molecule is CN=C(NCc1cccc(C(=O)N(C)C)c1)N(C)Cc1cc(Cl)cn1C. The van der Waals surface area contributed by atoms with Crippen LogP contribution in [0.3, 0.4) is 0 Å². The van der Waals surface area contributed by atoms with Crippen molar-refractivity contribution in [3.8, 4) is 0 Å². The van der Waals surface area contributed by atoms with Gasteiger partial charge in [0.15, 0.2) is 5.96 Å². The van der Waals surface area contributed by atoms with Crippen LogP contribution < -0.4 is 5.32 Å². The molecule has 1 aromatic carbocycles. The van der Waals surface area contributed by atoms with Crippen molar-refractivity contribution in [2.75, 3.05) is 28.2 Å². The zero-order chi connectivity index (χ0) is 19.3. The molecule has 2 aromatic rings. The fourth-order valence-electron chi connectivity index (χ4n) is 2.68. The molecule has 0 fully saturated rings. The number of nitrogens with zero attached hydrogens (tertiary/aromatic N) is 4. The zero-order valence-electron chi connectivity index (χ0n) is 16.0. The summed E-state index contributed by atoms with van der Waals surface area (Å²) in [6.07, 6.45) is 1.88. The molecule has 2 rings (SSSR count). The minimum Gasteiger partial charge on any atom is -0.352 e. The molecule has 0 unspecified atom stereocenters. The van der Waals surface area contributed by atoms with E-state index < -0.39 is 0 Å². The van der Waals surface area contributed by atoms with Crippen molar-refractivity contribution in [3.63, 3.8) is 0 Å². The second kappa shape index (κ2) is 8.76. The molecule has 0 bridgehead atoms. The Balaban J connectivity index is 2.01. The van der Waals surface area contributed by atoms with Gasteiger partial charge in [0.05, 0.1) is 11.6 Å². The smallest absolute Gasteiger partial charge is 0.253 e. The highest BCUT2D eigenvalue weighted by molar-refractivity contribution is 6.30. The zero-order valence-corrected chi connectivity index (χ0v) is 16.7. The first-order valence-electron chi connectivity index (χ1n) is 8.35. The number of hydrogen-bond donors (Lipinski definition) is 1. The number of hydrogen-bond acceptors (Lipinski definition) is 2. The first-order valence-corrected chi connectivity index (χ1v) is 8.72. The van der Waals surface area contributed by atoms with Crippen LogP contribution in [0.25, 0.3) is 0 Å². The van der Waals surface area contributed by atoms with Gasteiger partial charge >= 0.3 is 0 Å². The highest BCUT2D eigenvalue weighted by Crippen LogP contribution is 2.14. The van der Waals surface area contributed by atoms with Crippen molar-refractivity contribution >= 4 is 23.5 Å². The van der Waals surface area contributed by atoms with Gasteiger partial charge in [-0.25, -0.2) is 0 Å². The van der Waals surface area contributed by atoms with Crippen LogP contribution in [-0.2, 0) is 20.1 Å². The van der Waals surface area contributed by atoms with E-state index in [1.807, 2.05) is 60.1 Å². The van der Waals surface area contributed by atoms with Crippen LogP contribution in [-0.4, -0.2) is 54.4 Å². The maximum absolute atomic E-state index is 12.1. The van der Waals surface area contributed by atoms with Crippen LogP contribution >= 0.6 is 11.6 Å². The van der Waals surface area contributed by atoms with Crippen molar-refractivity contribution in [1.82, 2.24) is 19.7 Å². The predicted molar refractivity (Wildman–Crippen MR) is 107 cm³/mol. The molecule has 140 valence electrons. The molecule has 0 atom stereocenters. The minimum absolute atomic E-state index is 0.00561. The normalized spacial score (nSPS) is 11.4. The van der Waals surface area contributed by atoms with Gasteiger partial charge in [-0.15, -0.1) is 0 Å². The van der Waals surface area contributed by atoms with Crippen LogP contribution in [0.15, 0.2) is 41.5 Å². The maximum Gasteiger partial charge on any atom is 0.253 e. The number of aromatic nitrogens is 1. The molecule has 1 aromatic heterocycles. The Morgan fingerprint density at radius 1 is 1.27 bits per heavy atom. The number of amides is 1. The third kappa shape index (κ3) is 5.02. The van der Waals surface area contributed by atoms with Gasteiger partial charge in [0.1, 0.15) is 0 Å². The Morgan fingerprint density at radius 2 is 2.00 bits per heavy atom. The first-order chi connectivity index (χ1) is 12.3. The average molecular weight is 376 g/mol. The van der Waals surface area contributed by atoms with Crippen molar-refractivity contribution in [3.05, 3.63) is 58.4 Å². The highest BCUT2D eigenvalue weighted by Gasteiger charge is 2.11. The lowest BCUT2D eigenvalue weighted by Crippen LogP contribution is -2.38. The van der Waals surface area contributed by atoms with Gasteiger partial charge in [0.2, 0.25) is 0 Å². The standard InChI is InChI=1S/C19H26ClN5O/c1-21-19(25(5)13-17-10-16(20)12-24(17)4)22-11-14-7-6-8-15(9-14)18(26)23(2)3/h6-10,12H,11,13H2,1-5H3,(H,21,22). The number of rotatable bonds is 5. The van der Waals surface area contributed by atoms with Gasteiger partial charge in [-0.3, -0.25) is 9.79 Å². The molecule has 0 saturated heterocycles. The summed E-state index contributed by atoms with van der Waals surface area (Å²) in [7, 11) is 9.20. The van der Waals surface area contributed by atoms with Crippen LogP contribution in [0.1, 0.15) is 21.6 Å². The molecule has 1 amide bonds. The Kier molecular flexibility index (Phi) is 6.69. The van der Waals surface area contributed by atoms with Crippen LogP contribution in [0, 0.1) is 0 Å². The fourth-order valence-corrected chi connectivity index (χ4v) is 2.95. The lowest BCUT2D eigenvalue weighted by atomic mass is 10.1. The number of nitrogens with one attached hydrogen (secondary N) is 1. The third-order valence-corrected chi connectivity index (χ3v) is 4.28. The molecular formula is C19H26ClN5O. The summed E-state index contributed by atoms with van der Waals surface area (Å²) in [5.74, 6) is 0.764. The van der Waals surface area contributed by atoms with Gasteiger partial charge in [-0.1, -0.05) is 23.7 Å². The molecule has 1 heterocycles. The van der Waals surface area contributed by atoms with E-state index >= 15 is 0 Å². The Bertz CT molecular complexity index is 797. The van der Waals surface area contributed by atoms with E-state index in [2.05, 4.69) is 10.3 Å². The van der Waals surface area contributed by atoms with E-state index in [-0.39, 0.29) is 5.91 Å². The Morgan fingerprint density at radius 3 is 2.58 bits per heavy atom. The second-order valence-electron chi connectivity index (χ2n) is 6.42. The quantitative estimate of drug-likeness (QED) is 0.645. The average Bonchev–Trinajstić information content (AvgIpc) is 2.92. The van der Waals surface area contributed by atoms with Crippen molar-refractivity contribution in [2.45, 2.75) is 13.1 Å². The molecule has 0 aliphatic heterocycles. The minimum atomic E-state index is -0.00561. The summed E-state index contributed by atoms with van der Waals surface area (Å²) in [6, 6.07) is 9.56. The topological polar surface area (TPSA) is 52.9 Å². The molecule has 1 N–H and O–H groups in total. The van der Waals surface area contributed by atoms with Gasteiger partial charge in [-0.2, -0.15) is 0 Å². The number of guanidine groups is 1. The molecule has 0 aliphatic carbocycles. The molecule has 0 aliphatic rings. The summed E-state index contributed by atoms with van der Waals surface area (Å²) < 4.78 is 2.00. The molecule has 0 saturated carbocycles. The van der Waals surface area contributed by atoms with Crippen LogP contribution in [0.4, 0.5) is 0 Å². The molecular weight excluding hydrogens is 350 g/mol. The largest absolute Gasteiger partial charge is 0.352 e. The maximum atomic E-state index is 12.1. The van der Waals surface area contributed by atoms with E-state index in [0.717, 1.165) is 22.2 Å². The Hall–Kier alpha value is -2.47. The first kappa shape index (κ1) is 19.8. The predicted octanol–water partition coefficient (Wildman–Crippen LogP) is 2.59. The summed E-state index contributed by atoms with van der Waals surface area (Å²) in [5.41, 5.74) is 2.80. The van der Waals surface area contributed by atoms with Gasteiger partial charge < -0.3 is 19.7 Å². The molecule has 7 heteroatoms. The van der Waals surface area contributed by atoms with E-state index in [1.54, 1.807) is 26.0 Å². The number of benzene rings is 1. The highest BCUT2D eigenvalue weighted by atomic mass is 35.5. The van der Waals surface area contributed by atoms with Gasteiger partial charge in [0, 0.05) is 59.2 Å². The van der Waals surface area contributed by atoms with E-state index in [4.69, 9.17) is 11.6 Å². The van der Waals surface area contributed by atoms with E-state index in [9.17, 15) is 4.79 Å². The van der Waals surface area contributed by atoms with Crippen LogP contribution in [0.5, 0.6) is 0 Å². The molecule has 26 heavy (non-hydrogen) atoms. The summed E-state index contributed by atoms with van der Waals surface area (Å²) in [4.78, 5) is 20.0. The molecule has 0 spiro atoms. The fraction of sp³-hybridized carbons (Fsp3) is 0.368. The number of aliphatic imine (C=N–C) groups is 1.